The second kappa shape index (κ2) is 6.02. The quantitative estimate of drug-likeness (QED) is 0.761. The van der Waals surface area contributed by atoms with E-state index in [9.17, 15) is 4.79 Å². The minimum Gasteiger partial charge on any atom is -0.347 e. The van der Waals surface area contributed by atoms with Crippen LogP contribution in [0, 0.1) is 0 Å². The maximum Gasteiger partial charge on any atom is 0.164 e. The number of ether oxygens (including phenoxy) is 2. The fourth-order valence-electron chi connectivity index (χ4n) is 2.44. The topological polar surface area (TPSA) is 48.4 Å². The van der Waals surface area contributed by atoms with E-state index < -0.39 is 11.4 Å². The fraction of sp³-hybridized carbons (Fsp3) is 0.412. The number of nitrogens with zero attached hydrogens (tertiary/aromatic N) is 1. The first-order valence-electron chi connectivity index (χ1n) is 7.37. The lowest BCUT2D eigenvalue weighted by molar-refractivity contribution is -0.158. The van der Waals surface area contributed by atoms with Gasteiger partial charge in [-0.25, -0.2) is 4.98 Å². The molecule has 1 aliphatic heterocycles. The standard InChI is InChI=1S/C17H19NO3S2/c1-11(19)12-5-7-13(8-6-12)22-15-18-9-14(23-15)17(4)10-20-16(2,3)21-17/h5-9H,10H2,1-4H3/t17-/m0/s1. The molecule has 1 fully saturated rings. The number of ketones is 1. The molecule has 0 bridgehead atoms. The Balaban J connectivity index is 1.74. The summed E-state index contributed by atoms with van der Waals surface area (Å²) in [5.74, 6) is -0.485. The number of carbonyl (C=O) groups is 1. The molecule has 1 aromatic carbocycles. The summed E-state index contributed by atoms with van der Waals surface area (Å²) in [4.78, 5) is 17.9. The van der Waals surface area contributed by atoms with Gasteiger partial charge in [-0.3, -0.25) is 4.79 Å². The summed E-state index contributed by atoms with van der Waals surface area (Å²) in [6.07, 6.45) is 1.86. The molecule has 23 heavy (non-hydrogen) atoms. The highest BCUT2D eigenvalue weighted by atomic mass is 32.2. The first-order chi connectivity index (χ1) is 10.8. The number of rotatable bonds is 4. The van der Waals surface area contributed by atoms with E-state index in [1.165, 1.54) is 0 Å². The van der Waals surface area contributed by atoms with Crippen LogP contribution >= 0.6 is 23.1 Å². The molecule has 1 aromatic heterocycles. The Labute approximate surface area is 144 Å². The van der Waals surface area contributed by atoms with E-state index in [0.29, 0.717) is 6.61 Å². The maximum absolute atomic E-state index is 11.3. The summed E-state index contributed by atoms with van der Waals surface area (Å²) in [6.45, 7) is 7.98. The van der Waals surface area contributed by atoms with Crippen molar-refractivity contribution in [1.82, 2.24) is 4.98 Å². The fourth-order valence-corrected chi connectivity index (χ4v) is 4.46. The Kier molecular flexibility index (Phi) is 4.35. The van der Waals surface area contributed by atoms with Gasteiger partial charge in [0.2, 0.25) is 0 Å². The van der Waals surface area contributed by atoms with E-state index in [1.807, 2.05) is 51.2 Å². The molecule has 1 saturated heterocycles. The lowest BCUT2D eigenvalue weighted by Crippen LogP contribution is -2.27. The number of hydrogen-bond acceptors (Lipinski definition) is 6. The Hall–Kier alpha value is -1.21. The lowest BCUT2D eigenvalue weighted by Gasteiger charge is -2.23. The second-order valence-corrected chi connectivity index (χ2v) is 8.55. The van der Waals surface area contributed by atoms with Crippen LogP contribution in [-0.2, 0) is 15.1 Å². The molecular weight excluding hydrogens is 330 g/mol. The van der Waals surface area contributed by atoms with Crippen molar-refractivity contribution in [3.63, 3.8) is 0 Å². The van der Waals surface area contributed by atoms with Gasteiger partial charge in [-0.05, 0) is 39.8 Å². The Morgan fingerprint density at radius 3 is 2.52 bits per heavy atom. The summed E-state index contributed by atoms with van der Waals surface area (Å²) in [7, 11) is 0. The molecule has 4 nitrogen and oxygen atoms in total. The number of aromatic nitrogens is 1. The van der Waals surface area contributed by atoms with Crippen molar-refractivity contribution >= 4 is 28.9 Å². The van der Waals surface area contributed by atoms with Gasteiger partial charge in [-0.15, -0.1) is 11.3 Å². The van der Waals surface area contributed by atoms with Gasteiger partial charge in [0.25, 0.3) is 0 Å². The van der Waals surface area contributed by atoms with Crippen LogP contribution < -0.4 is 0 Å². The number of hydrogen-bond donors (Lipinski definition) is 0. The first kappa shape index (κ1) is 16.6. The summed E-state index contributed by atoms with van der Waals surface area (Å²) >= 11 is 3.20. The second-order valence-electron chi connectivity index (χ2n) is 6.19. The van der Waals surface area contributed by atoms with Crippen molar-refractivity contribution in [2.45, 2.75) is 48.3 Å². The largest absolute Gasteiger partial charge is 0.347 e. The minimum atomic E-state index is -0.561. The molecule has 1 atom stereocenters. The van der Waals surface area contributed by atoms with Crippen molar-refractivity contribution < 1.29 is 14.3 Å². The van der Waals surface area contributed by atoms with Gasteiger partial charge in [0.05, 0.1) is 11.5 Å². The molecule has 2 heterocycles. The number of thiazole rings is 1. The first-order valence-corrected chi connectivity index (χ1v) is 9.00. The molecule has 0 spiro atoms. The monoisotopic (exact) mass is 349 g/mol. The molecular formula is C17H19NO3S2. The molecule has 0 N–H and O–H groups in total. The third-order valence-corrected chi connectivity index (χ3v) is 5.96. The van der Waals surface area contributed by atoms with E-state index in [0.717, 1.165) is 19.7 Å². The predicted octanol–water partition coefficient (Wildman–Crippen LogP) is 4.50. The van der Waals surface area contributed by atoms with E-state index in [4.69, 9.17) is 9.47 Å². The van der Waals surface area contributed by atoms with Gasteiger partial charge in [0, 0.05) is 16.7 Å². The number of carbonyl (C=O) groups excluding carboxylic acids is 1. The van der Waals surface area contributed by atoms with E-state index in [2.05, 4.69) is 4.98 Å². The lowest BCUT2D eigenvalue weighted by atomic mass is 10.1. The third kappa shape index (κ3) is 3.66. The van der Waals surface area contributed by atoms with Crippen LogP contribution in [0.25, 0.3) is 0 Å². The van der Waals surface area contributed by atoms with E-state index in [1.54, 1.807) is 30.0 Å². The minimum absolute atomic E-state index is 0.0759. The average Bonchev–Trinajstić information content (AvgIpc) is 3.05. The zero-order valence-corrected chi connectivity index (χ0v) is 15.2. The van der Waals surface area contributed by atoms with Gasteiger partial charge < -0.3 is 9.47 Å². The molecule has 3 rings (SSSR count). The van der Waals surface area contributed by atoms with Crippen LogP contribution in [0.15, 0.2) is 39.7 Å². The zero-order valence-electron chi connectivity index (χ0n) is 13.6. The normalized spacial score (nSPS) is 23.1. The molecule has 122 valence electrons. The summed E-state index contributed by atoms with van der Waals surface area (Å²) in [5.41, 5.74) is 0.277. The van der Waals surface area contributed by atoms with Gasteiger partial charge in [-0.2, -0.15) is 0 Å². The van der Waals surface area contributed by atoms with Crippen molar-refractivity contribution in [3.05, 3.63) is 40.9 Å². The van der Waals surface area contributed by atoms with Crippen LogP contribution in [-0.4, -0.2) is 23.2 Å². The van der Waals surface area contributed by atoms with Gasteiger partial charge >= 0.3 is 0 Å². The Morgan fingerprint density at radius 1 is 1.26 bits per heavy atom. The molecule has 0 saturated carbocycles. The van der Waals surface area contributed by atoms with Crippen molar-refractivity contribution in [2.24, 2.45) is 0 Å². The number of Topliss-reactive ketones (excluding diaryl/α,β-unsaturated/α-hetero) is 1. The van der Waals surface area contributed by atoms with Crippen LogP contribution in [0.3, 0.4) is 0 Å². The van der Waals surface area contributed by atoms with Crippen LogP contribution in [0.5, 0.6) is 0 Å². The van der Waals surface area contributed by atoms with Gasteiger partial charge in [-0.1, -0.05) is 23.9 Å². The molecule has 0 amide bonds. The summed E-state index contributed by atoms with van der Waals surface area (Å²) in [5, 5.41) is 0. The van der Waals surface area contributed by atoms with Crippen molar-refractivity contribution in [1.29, 1.82) is 0 Å². The molecule has 2 aromatic rings. The van der Waals surface area contributed by atoms with Gasteiger partial charge in [0.15, 0.2) is 15.9 Å². The molecule has 0 unspecified atom stereocenters. The molecule has 0 aliphatic carbocycles. The summed E-state index contributed by atoms with van der Waals surface area (Å²) in [6, 6.07) is 7.58. The van der Waals surface area contributed by atoms with Crippen LogP contribution in [0.1, 0.15) is 42.9 Å². The summed E-state index contributed by atoms with van der Waals surface area (Å²) < 4.78 is 12.7. The number of benzene rings is 1. The third-order valence-electron chi connectivity index (χ3n) is 3.64. The molecule has 0 radical (unpaired) electrons. The molecule has 6 heteroatoms. The van der Waals surface area contributed by atoms with Crippen molar-refractivity contribution in [2.75, 3.05) is 6.61 Å². The highest BCUT2D eigenvalue weighted by Gasteiger charge is 2.44. The highest BCUT2D eigenvalue weighted by molar-refractivity contribution is 8.01. The predicted molar refractivity (Wildman–Crippen MR) is 91.2 cm³/mol. The van der Waals surface area contributed by atoms with E-state index in [-0.39, 0.29) is 5.78 Å². The van der Waals surface area contributed by atoms with E-state index >= 15 is 0 Å². The Bertz CT molecular complexity index is 724. The van der Waals surface area contributed by atoms with Crippen LogP contribution in [0.2, 0.25) is 0 Å². The van der Waals surface area contributed by atoms with Crippen LogP contribution in [0.4, 0.5) is 0 Å². The zero-order chi connectivity index (χ0) is 16.7. The SMILES string of the molecule is CC(=O)c1ccc(Sc2ncc([C@]3(C)COC(C)(C)O3)s2)cc1. The molecule has 1 aliphatic rings. The smallest absolute Gasteiger partial charge is 0.164 e. The Morgan fingerprint density at radius 2 is 1.96 bits per heavy atom. The average molecular weight is 349 g/mol. The van der Waals surface area contributed by atoms with Crippen molar-refractivity contribution in [3.8, 4) is 0 Å². The van der Waals surface area contributed by atoms with Gasteiger partial charge in [0.1, 0.15) is 5.60 Å². The maximum atomic E-state index is 11.3. The highest BCUT2D eigenvalue weighted by Crippen LogP contribution is 2.42.